The molecule has 0 radical (unpaired) electrons. The average Bonchev–Trinajstić information content (AvgIpc) is 2.62. The first-order valence-electron chi connectivity index (χ1n) is 7.74. The number of Topliss-reactive ketones (excluding diaryl/α,β-unsaturated/α-hetero) is 2. The molecule has 0 aromatic heterocycles. The van der Waals surface area contributed by atoms with E-state index in [0.29, 0.717) is 16.7 Å². The highest BCUT2D eigenvalue weighted by Gasteiger charge is 2.68. The summed E-state index contributed by atoms with van der Waals surface area (Å²) in [6, 6.07) is 4.81. The van der Waals surface area contributed by atoms with Gasteiger partial charge in [0.25, 0.3) is 0 Å². The number of rotatable bonds is 2. The zero-order chi connectivity index (χ0) is 19.4. The molecule has 1 aromatic rings. The van der Waals surface area contributed by atoms with Crippen LogP contribution in [0.2, 0.25) is 0 Å². The molecule has 0 aliphatic heterocycles. The van der Waals surface area contributed by atoms with Crippen LogP contribution < -0.4 is 0 Å². The fraction of sp³-hybridized carbons (Fsp3) is 0.263. The number of ketones is 2. The molecule has 0 saturated carbocycles. The lowest BCUT2D eigenvalue weighted by molar-refractivity contribution is -0.127. The van der Waals surface area contributed by atoms with Gasteiger partial charge in [0.1, 0.15) is 25.6 Å². The monoisotopic (exact) mass is 430 g/mol. The van der Waals surface area contributed by atoms with Crippen molar-refractivity contribution < 1.29 is 14.7 Å². The lowest BCUT2D eigenvalue weighted by atomic mass is 9.62. The second kappa shape index (κ2) is 6.42. The van der Waals surface area contributed by atoms with Crippen molar-refractivity contribution in [1.29, 1.82) is 0 Å². The number of phenolic OH excluding ortho intramolecular Hbond substituents is 1. The normalized spacial score (nSPS) is 31.6. The third-order valence-corrected chi connectivity index (χ3v) is 7.25. The summed E-state index contributed by atoms with van der Waals surface area (Å²) in [6.07, 6.45) is 3.30. The molecule has 2 aliphatic carbocycles. The number of fused-ring (bicyclic) bond motifs is 1. The standard InChI is InChI=1S/C19H14Cl4O3/c1-3-10-6-7-18(22)16(25)14(20)15(21)17(26)19(18,23)13(10)11-4-5-12(24)9(2)8-11/h3-6,8,13,24H,1,7H2,2H3/t13-,18-,19+/m1/s1. The van der Waals surface area contributed by atoms with Gasteiger partial charge in [-0.2, -0.15) is 0 Å². The fourth-order valence-corrected chi connectivity index (χ4v) is 5.02. The topological polar surface area (TPSA) is 54.4 Å². The number of hydrogen-bond acceptors (Lipinski definition) is 3. The molecule has 7 heteroatoms. The van der Waals surface area contributed by atoms with E-state index in [1.54, 1.807) is 31.2 Å². The van der Waals surface area contributed by atoms with Crippen molar-refractivity contribution in [2.45, 2.75) is 29.0 Å². The number of allylic oxidation sites excluding steroid dienone is 5. The smallest absolute Gasteiger partial charge is 0.199 e. The van der Waals surface area contributed by atoms with Gasteiger partial charge >= 0.3 is 0 Å². The van der Waals surface area contributed by atoms with Crippen LogP contribution in [0.1, 0.15) is 23.5 Å². The molecular weight excluding hydrogens is 418 g/mol. The largest absolute Gasteiger partial charge is 0.508 e. The number of benzene rings is 1. The molecule has 0 spiro atoms. The predicted octanol–water partition coefficient (Wildman–Crippen LogP) is 5.10. The maximum Gasteiger partial charge on any atom is 0.199 e. The number of phenols is 1. The molecule has 2 aliphatic rings. The molecule has 0 saturated heterocycles. The molecule has 3 nitrogen and oxygen atoms in total. The van der Waals surface area contributed by atoms with Crippen LogP contribution in [0, 0.1) is 6.92 Å². The number of aromatic hydroxyl groups is 1. The Labute approximate surface area is 170 Å². The Morgan fingerprint density at radius 1 is 1.19 bits per heavy atom. The van der Waals surface area contributed by atoms with E-state index in [2.05, 4.69) is 6.58 Å². The fourth-order valence-electron chi connectivity index (χ4n) is 3.57. The molecule has 1 aromatic carbocycles. The molecule has 3 rings (SSSR count). The second-order valence-corrected chi connectivity index (χ2v) is 8.39. The summed E-state index contributed by atoms with van der Waals surface area (Å²) >= 11 is 25.5. The third-order valence-electron chi connectivity index (χ3n) is 5.00. The first kappa shape index (κ1) is 19.5. The lowest BCUT2D eigenvalue weighted by Crippen LogP contribution is -2.64. The minimum Gasteiger partial charge on any atom is -0.508 e. The van der Waals surface area contributed by atoms with Crippen LogP contribution in [-0.4, -0.2) is 26.4 Å². The summed E-state index contributed by atoms with van der Waals surface area (Å²) in [5.41, 5.74) is 1.84. The van der Waals surface area contributed by atoms with Crippen LogP contribution in [0.4, 0.5) is 0 Å². The van der Waals surface area contributed by atoms with Crippen molar-refractivity contribution in [3.8, 4) is 5.75 Å². The first-order valence-corrected chi connectivity index (χ1v) is 9.25. The maximum absolute atomic E-state index is 13.1. The predicted molar refractivity (Wildman–Crippen MR) is 104 cm³/mol. The van der Waals surface area contributed by atoms with Crippen molar-refractivity contribution in [3.05, 3.63) is 63.7 Å². The van der Waals surface area contributed by atoms with Crippen LogP contribution in [-0.2, 0) is 9.59 Å². The van der Waals surface area contributed by atoms with Gasteiger partial charge in [-0.3, -0.25) is 9.59 Å². The average molecular weight is 432 g/mol. The molecule has 0 amide bonds. The van der Waals surface area contributed by atoms with Crippen LogP contribution in [0.3, 0.4) is 0 Å². The number of hydrogen-bond donors (Lipinski definition) is 1. The zero-order valence-electron chi connectivity index (χ0n) is 13.7. The Bertz CT molecular complexity index is 917. The number of aryl methyl sites for hydroxylation is 1. The van der Waals surface area contributed by atoms with E-state index in [0.717, 1.165) is 0 Å². The SMILES string of the molecule is C=CC1=CC[C@@]2(Cl)C(=O)C(Cl)=C(Cl)C(=O)[C@@]2(Cl)[C@H]1c1ccc(O)c(C)c1. The van der Waals surface area contributed by atoms with Crippen molar-refractivity contribution in [3.63, 3.8) is 0 Å². The molecule has 136 valence electrons. The summed E-state index contributed by atoms with van der Waals surface area (Å²) in [6.45, 7) is 5.50. The van der Waals surface area contributed by atoms with E-state index >= 15 is 0 Å². The summed E-state index contributed by atoms with van der Waals surface area (Å²) in [5, 5.41) is 9.00. The van der Waals surface area contributed by atoms with Gasteiger partial charge < -0.3 is 5.11 Å². The summed E-state index contributed by atoms with van der Waals surface area (Å²) in [7, 11) is 0. The van der Waals surface area contributed by atoms with Crippen molar-refractivity contribution >= 4 is 58.0 Å². The molecule has 3 atom stereocenters. The number of carbonyl (C=O) groups is 2. The van der Waals surface area contributed by atoms with Gasteiger partial charge in [-0.15, -0.1) is 23.2 Å². The van der Waals surface area contributed by atoms with Crippen molar-refractivity contribution in [2.75, 3.05) is 0 Å². The molecule has 1 N–H and O–H groups in total. The molecule has 26 heavy (non-hydrogen) atoms. The van der Waals surface area contributed by atoms with E-state index in [9.17, 15) is 14.7 Å². The van der Waals surface area contributed by atoms with Gasteiger partial charge in [0.05, 0.1) is 0 Å². The van der Waals surface area contributed by atoms with Gasteiger partial charge in [-0.1, -0.05) is 54.1 Å². The lowest BCUT2D eigenvalue weighted by Gasteiger charge is -2.50. The van der Waals surface area contributed by atoms with E-state index in [1.807, 2.05) is 0 Å². The van der Waals surface area contributed by atoms with E-state index < -0.39 is 37.3 Å². The highest BCUT2D eigenvalue weighted by molar-refractivity contribution is 6.66. The molecule has 0 heterocycles. The second-order valence-electron chi connectivity index (χ2n) is 6.39. The van der Waals surface area contributed by atoms with Gasteiger partial charge in [-0.25, -0.2) is 0 Å². The summed E-state index contributed by atoms with van der Waals surface area (Å²) in [4.78, 5) is 22.2. The molecular formula is C19H14Cl4O3. The van der Waals surface area contributed by atoms with Crippen LogP contribution in [0.5, 0.6) is 5.75 Å². The third kappa shape index (κ3) is 2.41. The van der Waals surface area contributed by atoms with Crippen LogP contribution in [0.25, 0.3) is 0 Å². The van der Waals surface area contributed by atoms with E-state index in [4.69, 9.17) is 46.4 Å². The van der Waals surface area contributed by atoms with Gasteiger partial charge in [-0.05, 0) is 36.1 Å². The molecule has 0 bridgehead atoms. The zero-order valence-corrected chi connectivity index (χ0v) is 16.7. The minimum absolute atomic E-state index is 0.0118. The van der Waals surface area contributed by atoms with E-state index in [1.165, 1.54) is 6.07 Å². The highest BCUT2D eigenvalue weighted by Crippen LogP contribution is 2.59. The van der Waals surface area contributed by atoms with Gasteiger partial charge in [0, 0.05) is 5.92 Å². The van der Waals surface area contributed by atoms with Crippen LogP contribution >= 0.6 is 46.4 Å². The van der Waals surface area contributed by atoms with Crippen molar-refractivity contribution in [1.82, 2.24) is 0 Å². The van der Waals surface area contributed by atoms with Crippen molar-refractivity contribution in [2.24, 2.45) is 0 Å². The minimum atomic E-state index is -1.87. The van der Waals surface area contributed by atoms with Gasteiger partial charge in [0.2, 0.25) is 0 Å². The Hall–Kier alpha value is -1.26. The Morgan fingerprint density at radius 2 is 1.81 bits per heavy atom. The Balaban J connectivity index is 2.34. The molecule has 0 unspecified atom stereocenters. The first-order chi connectivity index (χ1) is 12.1. The van der Waals surface area contributed by atoms with Gasteiger partial charge in [0.15, 0.2) is 11.6 Å². The summed E-state index contributed by atoms with van der Waals surface area (Å²) < 4.78 is 0. The number of carbonyl (C=O) groups excluding carboxylic acids is 2. The Kier molecular flexibility index (Phi) is 4.81. The molecule has 0 fully saturated rings. The number of alkyl halides is 2. The number of halogens is 4. The van der Waals surface area contributed by atoms with Crippen LogP contribution in [0.15, 0.2) is 52.6 Å². The summed E-state index contributed by atoms with van der Waals surface area (Å²) in [5.74, 6) is -2.08. The van der Waals surface area contributed by atoms with E-state index in [-0.39, 0.29) is 12.2 Å². The quantitative estimate of drug-likeness (QED) is 0.663. The highest BCUT2D eigenvalue weighted by atomic mass is 35.5. The maximum atomic E-state index is 13.1. The Morgan fingerprint density at radius 3 is 2.38 bits per heavy atom.